The molecule has 2 aromatic heterocycles. The number of aromatic nitrogens is 5. The second kappa shape index (κ2) is 7.40. The Morgan fingerprint density at radius 1 is 1.12 bits per heavy atom. The molecular weight excluding hydrogens is 350 g/mol. The molecule has 4 rings (SSSR count). The topological polar surface area (TPSA) is 82.8 Å². The van der Waals surface area contributed by atoms with Crippen molar-refractivity contribution in [3.8, 4) is 11.4 Å². The summed E-state index contributed by atoms with van der Waals surface area (Å²) in [5, 5.41) is 12.0. The number of ether oxygens (including phenoxy) is 1. The van der Waals surface area contributed by atoms with Crippen LogP contribution in [0.25, 0.3) is 15.9 Å². The van der Waals surface area contributed by atoms with Crippen molar-refractivity contribution in [2.24, 2.45) is 0 Å². The minimum absolute atomic E-state index is 0.249. The third-order valence-electron chi connectivity index (χ3n) is 3.79. The molecule has 0 amide bonds. The van der Waals surface area contributed by atoms with Gasteiger partial charge >= 0.3 is 5.97 Å². The highest BCUT2D eigenvalue weighted by Gasteiger charge is 2.08. The van der Waals surface area contributed by atoms with E-state index in [1.165, 1.54) is 15.7 Å². The summed E-state index contributed by atoms with van der Waals surface area (Å²) in [6.45, 7) is 0. The van der Waals surface area contributed by atoms with Crippen molar-refractivity contribution < 1.29 is 9.53 Å². The molecule has 130 valence electrons. The molecule has 2 aromatic carbocycles. The number of nitrogens with zero attached hydrogens (tertiary/aromatic N) is 5. The first-order chi connectivity index (χ1) is 12.8. The molecule has 0 aliphatic heterocycles. The van der Waals surface area contributed by atoms with Crippen LogP contribution in [0.1, 0.15) is 17.8 Å². The number of aryl methyl sites for hydroxylation is 1. The fourth-order valence-electron chi connectivity index (χ4n) is 2.54. The first-order valence-electron chi connectivity index (χ1n) is 8.16. The third-order valence-corrected chi connectivity index (χ3v) is 4.89. The largest absolute Gasteiger partial charge is 0.427 e. The van der Waals surface area contributed by atoms with E-state index in [9.17, 15) is 4.79 Å². The molecule has 0 radical (unpaired) electrons. The number of tetrazole rings is 1. The average Bonchev–Trinajstić information content (AvgIpc) is 3.32. The van der Waals surface area contributed by atoms with E-state index >= 15 is 0 Å². The van der Waals surface area contributed by atoms with Gasteiger partial charge in [-0.2, -0.15) is 0 Å². The lowest BCUT2D eigenvalue weighted by Crippen LogP contribution is -2.08. The van der Waals surface area contributed by atoms with E-state index in [0.717, 1.165) is 22.6 Å². The molecule has 0 aliphatic rings. The van der Waals surface area contributed by atoms with Crippen LogP contribution < -0.4 is 4.74 Å². The Bertz CT molecular complexity index is 979. The molecule has 0 bridgehead atoms. The molecule has 26 heavy (non-hydrogen) atoms. The molecule has 8 heteroatoms. The summed E-state index contributed by atoms with van der Waals surface area (Å²) >= 11 is 1.67. The summed E-state index contributed by atoms with van der Waals surface area (Å²) in [5.74, 6) is 0.257. The maximum absolute atomic E-state index is 12.0. The summed E-state index contributed by atoms with van der Waals surface area (Å²) in [5.41, 5.74) is 1.81. The summed E-state index contributed by atoms with van der Waals surface area (Å²) in [4.78, 5) is 16.6. The Kier molecular flexibility index (Phi) is 4.65. The van der Waals surface area contributed by atoms with E-state index in [0.29, 0.717) is 18.6 Å². The number of hydrogen-bond acceptors (Lipinski definition) is 7. The first kappa shape index (κ1) is 16.3. The number of carbonyl (C=O) groups is 1. The van der Waals surface area contributed by atoms with Gasteiger partial charge in [-0.1, -0.05) is 12.1 Å². The second-order valence-corrected chi connectivity index (χ2v) is 6.77. The van der Waals surface area contributed by atoms with Crippen LogP contribution in [0.4, 0.5) is 0 Å². The number of fused-ring (bicyclic) bond motifs is 1. The molecule has 0 atom stereocenters. The van der Waals surface area contributed by atoms with Gasteiger partial charge in [0.05, 0.1) is 20.9 Å². The van der Waals surface area contributed by atoms with Gasteiger partial charge in [-0.05, 0) is 59.7 Å². The third kappa shape index (κ3) is 3.75. The Morgan fingerprint density at radius 2 is 1.96 bits per heavy atom. The minimum Gasteiger partial charge on any atom is -0.427 e. The zero-order valence-corrected chi connectivity index (χ0v) is 14.6. The highest BCUT2D eigenvalue weighted by atomic mass is 32.1. The van der Waals surface area contributed by atoms with Gasteiger partial charge in [0.1, 0.15) is 12.1 Å². The van der Waals surface area contributed by atoms with Crippen molar-refractivity contribution >= 4 is 27.5 Å². The smallest absolute Gasteiger partial charge is 0.311 e. The van der Waals surface area contributed by atoms with Crippen molar-refractivity contribution in [3.05, 3.63) is 59.9 Å². The van der Waals surface area contributed by atoms with Gasteiger partial charge in [-0.15, -0.1) is 16.4 Å². The van der Waals surface area contributed by atoms with Crippen LogP contribution in [0.3, 0.4) is 0 Å². The monoisotopic (exact) mass is 365 g/mol. The van der Waals surface area contributed by atoms with Crippen LogP contribution in [-0.4, -0.2) is 31.2 Å². The highest BCUT2D eigenvalue weighted by molar-refractivity contribution is 7.18. The maximum atomic E-state index is 12.0. The number of hydrogen-bond donors (Lipinski definition) is 0. The lowest BCUT2D eigenvalue weighted by atomic mass is 10.2. The number of esters is 1. The molecule has 0 unspecified atom stereocenters. The van der Waals surface area contributed by atoms with E-state index in [1.807, 2.05) is 18.2 Å². The number of thiazole rings is 1. The van der Waals surface area contributed by atoms with Crippen LogP contribution in [0.5, 0.6) is 5.75 Å². The van der Waals surface area contributed by atoms with Crippen LogP contribution in [0.15, 0.2) is 54.9 Å². The quantitative estimate of drug-likeness (QED) is 0.385. The van der Waals surface area contributed by atoms with E-state index in [-0.39, 0.29) is 5.97 Å². The molecule has 7 nitrogen and oxygen atoms in total. The zero-order chi connectivity index (χ0) is 17.8. The molecule has 0 fully saturated rings. The zero-order valence-electron chi connectivity index (χ0n) is 13.8. The SMILES string of the molecule is O=C(CCCc1nc2ccccc2s1)Oc1ccc(-n2cnnn2)cc1. The Balaban J connectivity index is 1.28. The molecule has 2 heterocycles. The fourth-order valence-corrected chi connectivity index (χ4v) is 3.55. The second-order valence-electron chi connectivity index (χ2n) is 5.65. The first-order valence-corrected chi connectivity index (χ1v) is 8.98. The summed E-state index contributed by atoms with van der Waals surface area (Å²) in [7, 11) is 0. The molecule has 4 aromatic rings. The average molecular weight is 365 g/mol. The number of rotatable bonds is 6. The lowest BCUT2D eigenvalue weighted by molar-refractivity contribution is -0.134. The van der Waals surface area contributed by atoms with Crippen molar-refractivity contribution in [3.63, 3.8) is 0 Å². The Hall–Kier alpha value is -3.13. The standard InChI is InChI=1S/C18H15N5O2S/c24-18(7-3-6-17-20-15-4-1-2-5-16(15)26-17)25-14-10-8-13(9-11-14)23-12-19-21-22-23/h1-2,4-5,8-12H,3,6-7H2. The fraction of sp³-hybridized carbons (Fsp3) is 0.167. The Labute approximate surface area is 153 Å². The summed E-state index contributed by atoms with van der Waals surface area (Å²) in [6.07, 6.45) is 3.34. The van der Waals surface area contributed by atoms with Gasteiger partial charge in [0.15, 0.2) is 0 Å². The van der Waals surface area contributed by atoms with Crippen LogP contribution in [0.2, 0.25) is 0 Å². The predicted molar refractivity (Wildman–Crippen MR) is 97.3 cm³/mol. The maximum Gasteiger partial charge on any atom is 0.311 e. The van der Waals surface area contributed by atoms with E-state index in [4.69, 9.17) is 4.74 Å². The summed E-state index contributed by atoms with van der Waals surface area (Å²) in [6, 6.07) is 15.1. The molecule has 0 spiro atoms. The van der Waals surface area contributed by atoms with Crippen LogP contribution >= 0.6 is 11.3 Å². The number of para-hydroxylation sites is 1. The van der Waals surface area contributed by atoms with E-state index in [1.54, 1.807) is 35.6 Å². The van der Waals surface area contributed by atoms with Crippen molar-refractivity contribution in [2.45, 2.75) is 19.3 Å². The molecule has 0 N–H and O–H groups in total. The van der Waals surface area contributed by atoms with Gasteiger partial charge in [-0.25, -0.2) is 9.67 Å². The summed E-state index contributed by atoms with van der Waals surface area (Å²) < 4.78 is 8.07. The van der Waals surface area contributed by atoms with E-state index in [2.05, 4.69) is 26.6 Å². The van der Waals surface area contributed by atoms with Crippen molar-refractivity contribution in [1.82, 2.24) is 25.2 Å². The minimum atomic E-state index is -0.249. The highest BCUT2D eigenvalue weighted by Crippen LogP contribution is 2.23. The van der Waals surface area contributed by atoms with Crippen LogP contribution in [-0.2, 0) is 11.2 Å². The molecule has 0 aliphatic carbocycles. The van der Waals surface area contributed by atoms with Gasteiger partial charge in [0.25, 0.3) is 0 Å². The van der Waals surface area contributed by atoms with Crippen LogP contribution in [0, 0.1) is 0 Å². The van der Waals surface area contributed by atoms with Gasteiger partial charge in [0.2, 0.25) is 0 Å². The van der Waals surface area contributed by atoms with Crippen molar-refractivity contribution in [2.75, 3.05) is 0 Å². The van der Waals surface area contributed by atoms with E-state index < -0.39 is 0 Å². The molecule has 0 saturated carbocycles. The Morgan fingerprint density at radius 3 is 2.73 bits per heavy atom. The molecular formula is C18H15N5O2S. The van der Waals surface area contributed by atoms with Gasteiger partial charge in [0, 0.05) is 6.42 Å². The predicted octanol–water partition coefficient (Wildman–Crippen LogP) is 3.20. The van der Waals surface area contributed by atoms with Gasteiger partial charge < -0.3 is 4.74 Å². The number of benzene rings is 2. The van der Waals surface area contributed by atoms with Gasteiger partial charge in [-0.3, -0.25) is 4.79 Å². The van der Waals surface area contributed by atoms with Crippen molar-refractivity contribution in [1.29, 1.82) is 0 Å². The lowest BCUT2D eigenvalue weighted by Gasteiger charge is -2.05. The number of carbonyl (C=O) groups excluding carboxylic acids is 1. The normalized spacial score (nSPS) is 10.9. The molecule has 0 saturated heterocycles.